The lowest BCUT2D eigenvalue weighted by Gasteiger charge is -2.40. The summed E-state index contributed by atoms with van der Waals surface area (Å²) in [6, 6.07) is 12.4. The number of nitrogens with one attached hydrogen (secondary N) is 3. The first-order valence-electron chi connectivity index (χ1n) is 18.3. The maximum atomic E-state index is 13.6. The number of aromatic amines is 1. The van der Waals surface area contributed by atoms with Crippen molar-refractivity contribution in [2.75, 3.05) is 38.5 Å². The Bertz CT molecular complexity index is 2040. The van der Waals surface area contributed by atoms with E-state index in [2.05, 4.69) is 42.6 Å². The van der Waals surface area contributed by atoms with Gasteiger partial charge < -0.3 is 34.8 Å². The quantitative estimate of drug-likeness (QED) is 0.202. The maximum Gasteiger partial charge on any atom is 0.573 e. The average Bonchev–Trinajstić information content (AvgIpc) is 3.65. The van der Waals surface area contributed by atoms with Crippen LogP contribution in [0.1, 0.15) is 55.6 Å². The van der Waals surface area contributed by atoms with E-state index in [0.717, 1.165) is 18.5 Å². The number of carbonyl (C=O) groups is 2. The third kappa shape index (κ3) is 8.18. The average molecular weight is 751 g/mol. The van der Waals surface area contributed by atoms with Gasteiger partial charge in [0.05, 0.1) is 6.20 Å². The maximum absolute atomic E-state index is 13.6. The Morgan fingerprint density at radius 1 is 1.02 bits per heavy atom. The first-order valence-corrected chi connectivity index (χ1v) is 18.3. The second-order valence-corrected chi connectivity index (χ2v) is 14.6. The van der Waals surface area contributed by atoms with Gasteiger partial charge in [0.25, 0.3) is 5.56 Å². The monoisotopic (exact) mass is 750 g/mol. The highest BCUT2D eigenvalue weighted by molar-refractivity contribution is 5.93. The second kappa shape index (κ2) is 15.3. The number of hydrogen-bond donors (Lipinski definition) is 4. The number of nitrogens with zero attached hydrogens (tertiary/aromatic N) is 5. The van der Waals surface area contributed by atoms with Gasteiger partial charge >= 0.3 is 12.4 Å². The number of amides is 3. The summed E-state index contributed by atoms with van der Waals surface area (Å²) in [7, 11) is 3.40. The molecule has 54 heavy (non-hydrogen) atoms. The number of hydrogen-bond acceptors (Lipinski definition) is 8. The van der Waals surface area contributed by atoms with E-state index in [9.17, 15) is 32.7 Å². The number of aromatic nitrogens is 3. The van der Waals surface area contributed by atoms with Crippen LogP contribution in [0.25, 0.3) is 22.0 Å². The van der Waals surface area contributed by atoms with Crippen LogP contribution in [0.15, 0.2) is 59.7 Å². The molecule has 0 aliphatic carbocycles. The molecule has 5 heterocycles. The molecule has 3 amide bonds. The van der Waals surface area contributed by atoms with Crippen molar-refractivity contribution in [3.63, 3.8) is 0 Å². The molecule has 2 aromatic carbocycles. The predicted octanol–water partition coefficient (Wildman–Crippen LogP) is 4.73. The SMILES string of the molecule is CN(C(=O)N1CCC(c2ccc(NC3CCC(O)NC3=O)cc2)CC1)C1CCN(Cc2ccc(-c3cn(C)c(=O)c4[nH]ncc34)cc2OC(F)(F)F)CC1. The van der Waals surface area contributed by atoms with Gasteiger partial charge in [-0.3, -0.25) is 19.6 Å². The standard InChI is InChI=1S/C38H45F3N8O5/c1-46-22-30(29-20-42-45-34(29)36(46)52)25-3-4-26(32(19-25)54-38(39,40)41)21-48-15-13-28(14-16-48)47(2)37(53)49-17-11-24(12-18-49)23-5-7-27(8-6-23)43-31-9-10-33(50)44-35(31)51/h3-8,19-20,22,24,28,31,33,43,50H,9-18,21H2,1-2H3,(H,42,45)(H,44,51). The van der Waals surface area contributed by atoms with Crippen molar-refractivity contribution in [2.24, 2.45) is 7.05 Å². The summed E-state index contributed by atoms with van der Waals surface area (Å²) in [6.45, 7) is 2.73. The normalized spacial score (nSPS) is 20.6. The Balaban J connectivity index is 0.919. The van der Waals surface area contributed by atoms with E-state index < -0.39 is 12.6 Å². The molecule has 0 spiro atoms. The van der Waals surface area contributed by atoms with Gasteiger partial charge in [-0.15, -0.1) is 13.2 Å². The van der Waals surface area contributed by atoms with Crippen LogP contribution >= 0.6 is 0 Å². The molecule has 3 fully saturated rings. The van der Waals surface area contributed by atoms with Crippen LogP contribution in [0, 0.1) is 0 Å². The summed E-state index contributed by atoms with van der Waals surface area (Å²) >= 11 is 0. The number of aliphatic hydroxyl groups is 1. The lowest BCUT2D eigenvalue weighted by atomic mass is 9.89. The van der Waals surface area contributed by atoms with Gasteiger partial charge in [0.2, 0.25) is 5.91 Å². The largest absolute Gasteiger partial charge is 0.573 e. The Labute approximate surface area is 310 Å². The molecule has 13 nitrogen and oxygen atoms in total. The van der Waals surface area contributed by atoms with Crippen molar-refractivity contribution in [1.29, 1.82) is 0 Å². The molecule has 3 aliphatic heterocycles. The van der Waals surface area contributed by atoms with Gasteiger partial charge in [-0.1, -0.05) is 24.3 Å². The molecule has 0 radical (unpaired) electrons. The van der Waals surface area contributed by atoms with Gasteiger partial charge in [-0.2, -0.15) is 5.10 Å². The molecule has 2 unspecified atom stereocenters. The molecule has 0 bridgehead atoms. The molecule has 7 rings (SSSR count). The number of anilines is 1. The van der Waals surface area contributed by atoms with Crippen molar-refractivity contribution in [3.05, 3.63) is 76.3 Å². The van der Waals surface area contributed by atoms with Gasteiger partial charge in [0.1, 0.15) is 23.5 Å². The molecule has 16 heteroatoms. The third-order valence-corrected chi connectivity index (χ3v) is 11.0. The zero-order valence-corrected chi connectivity index (χ0v) is 30.2. The number of piperidine rings is 3. The number of halogens is 3. The van der Waals surface area contributed by atoms with Crippen molar-refractivity contribution in [3.8, 4) is 16.9 Å². The van der Waals surface area contributed by atoms with E-state index in [0.29, 0.717) is 79.9 Å². The van der Waals surface area contributed by atoms with Gasteiger partial charge in [-0.05, 0) is 73.8 Å². The number of likely N-dealkylation sites (tertiary alicyclic amines) is 2. The van der Waals surface area contributed by atoms with Gasteiger partial charge in [0.15, 0.2) is 0 Å². The fourth-order valence-corrected chi connectivity index (χ4v) is 7.93. The van der Waals surface area contributed by atoms with Crippen LogP contribution in [-0.2, 0) is 18.4 Å². The Hall–Kier alpha value is -5.09. The number of aryl methyl sites for hydroxylation is 1. The lowest BCUT2D eigenvalue weighted by Crippen LogP contribution is -2.51. The number of ether oxygens (including phenoxy) is 1. The summed E-state index contributed by atoms with van der Waals surface area (Å²) in [5.41, 5.74) is 3.41. The molecule has 2 atom stereocenters. The molecule has 4 N–H and O–H groups in total. The van der Waals surface area contributed by atoms with Crippen LogP contribution in [0.3, 0.4) is 0 Å². The third-order valence-electron chi connectivity index (χ3n) is 11.0. The number of H-pyrrole nitrogens is 1. The topological polar surface area (TPSA) is 148 Å². The lowest BCUT2D eigenvalue weighted by molar-refractivity contribution is -0.275. The number of pyridine rings is 1. The Morgan fingerprint density at radius 3 is 2.43 bits per heavy atom. The van der Waals surface area contributed by atoms with E-state index in [1.807, 2.05) is 29.0 Å². The number of benzene rings is 2. The van der Waals surface area contributed by atoms with Crippen LogP contribution in [0.4, 0.5) is 23.7 Å². The van der Waals surface area contributed by atoms with E-state index in [-0.39, 0.29) is 47.4 Å². The Morgan fingerprint density at radius 2 is 1.74 bits per heavy atom. The van der Waals surface area contributed by atoms with Crippen molar-refractivity contribution in [2.45, 2.75) is 75.7 Å². The number of rotatable bonds is 8. The highest BCUT2D eigenvalue weighted by atomic mass is 19.4. The number of fused-ring (bicyclic) bond motifs is 1. The van der Waals surface area contributed by atoms with Gasteiger partial charge in [0, 0.05) is 81.3 Å². The number of alkyl halides is 3. The summed E-state index contributed by atoms with van der Waals surface area (Å²) in [4.78, 5) is 44.0. The molecular formula is C38H45F3N8O5. The zero-order valence-electron chi connectivity index (χ0n) is 30.2. The van der Waals surface area contributed by atoms with Crippen LogP contribution in [0.5, 0.6) is 5.75 Å². The van der Waals surface area contributed by atoms with Crippen molar-refractivity contribution in [1.82, 2.24) is 34.8 Å². The zero-order chi connectivity index (χ0) is 38.1. The second-order valence-electron chi connectivity index (χ2n) is 14.6. The minimum absolute atomic E-state index is 0.0103. The smallest absolute Gasteiger partial charge is 0.405 e. The van der Waals surface area contributed by atoms with Crippen LogP contribution < -0.4 is 20.9 Å². The number of aliphatic hydroxyl groups excluding tert-OH is 1. The number of urea groups is 1. The van der Waals surface area contributed by atoms with Crippen molar-refractivity contribution >= 4 is 28.5 Å². The molecule has 2 aromatic heterocycles. The fourth-order valence-electron chi connectivity index (χ4n) is 7.93. The van der Waals surface area contributed by atoms with Crippen molar-refractivity contribution < 1.29 is 32.6 Å². The first kappa shape index (κ1) is 37.2. The summed E-state index contributed by atoms with van der Waals surface area (Å²) in [5.74, 6) is -0.192. The van der Waals surface area contributed by atoms with E-state index in [1.54, 1.807) is 25.4 Å². The fraction of sp³-hybridized carbons (Fsp3) is 0.474. The van der Waals surface area contributed by atoms with E-state index in [1.165, 1.54) is 22.4 Å². The molecule has 3 aliphatic rings. The molecule has 4 aromatic rings. The highest BCUT2D eigenvalue weighted by Gasteiger charge is 2.34. The minimum Gasteiger partial charge on any atom is -0.405 e. The first-order chi connectivity index (χ1) is 25.8. The molecule has 3 saturated heterocycles. The summed E-state index contributed by atoms with van der Waals surface area (Å²) < 4.78 is 46.6. The van der Waals surface area contributed by atoms with Crippen LogP contribution in [-0.4, -0.2) is 104 Å². The van der Waals surface area contributed by atoms with E-state index in [4.69, 9.17) is 0 Å². The number of carbonyl (C=O) groups excluding carboxylic acids is 2. The molecular weight excluding hydrogens is 705 g/mol. The van der Waals surface area contributed by atoms with E-state index >= 15 is 0 Å². The predicted molar refractivity (Wildman–Crippen MR) is 196 cm³/mol. The summed E-state index contributed by atoms with van der Waals surface area (Å²) in [5, 5.41) is 22.5. The molecule has 288 valence electrons. The van der Waals surface area contributed by atoms with Gasteiger partial charge in [-0.25, -0.2) is 4.79 Å². The minimum atomic E-state index is -4.89. The van der Waals surface area contributed by atoms with Crippen LogP contribution in [0.2, 0.25) is 0 Å². The molecule has 0 saturated carbocycles. The Kier molecular flexibility index (Phi) is 10.6. The highest BCUT2D eigenvalue weighted by Crippen LogP contribution is 2.35. The summed E-state index contributed by atoms with van der Waals surface area (Å²) in [6.07, 6.45) is 1.49.